The fourth-order valence-electron chi connectivity index (χ4n) is 1.41. The van der Waals surface area contributed by atoms with Gasteiger partial charge in [0.2, 0.25) is 0 Å². The minimum Gasteiger partial charge on any atom is -0.350 e. The minimum absolute atomic E-state index is 0.0247. The van der Waals surface area contributed by atoms with Gasteiger partial charge in [-0.15, -0.1) is 0 Å². The van der Waals surface area contributed by atoms with E-state index in [1.165, 1.54) is 19.1 Å². The van der Waals surface area contributed by atoms with Gasteiger partial charge in [0.1, 0.15) is 0 Å². The van der Waals surface area contributed by atoms with Crippen molar-refractivity contribution in [3.05, 3.63) is 34.9 Å². The second kappa shape index (κ2) is 4.77. The van der Waals surface area contributed by atoms with Crippen molar-refractivity contribution >= 4 is 5.91 Å². The smallest absolute Gasteiger partial charge is 0.350 e. The van der Waals surface area contributed by atoms with Gasteiger partial charge in [-0.1, -0.05) is 6.07 Å². The van der Waals surface area contributed by atoms with Gasteiger partial charge in [-0.25, -0.2) is 0 Å². The zero-order valence-electron chi connectivity index (χ0n) is 9.85. The number of benzene rings is 1. The quantitative estimate of drug-likeness (QED) is 0.852. The van der Waals surface area contributed by atoms with Gasteiger partial charge in [0.25, 0.3) is 5.91 Å². The summed E-state index contributed by atoms with van der Waals surface area (Å²) in [7, 11) is 0. The first-order valence-electron chi connectivity index (χ1n) is 5.20. The Hall–Kier alpha value is -1.52. The molecule has 0 saturated carbocycles. The largest absolute Gasteiger partial charge is 0.416 e. The Morgan fingerprint density at radius 1 is 1.29 bits per heavy atom. The number of carbonyl (C=O) groups is 1. The van der Waals surface area contributed by atoms with Gasteiger partial charge >= 0.3 is 6.18 Å². The lowest BCUT2D eigenvalue weighted by Crippen LogP contribution is -2.30. The van der Waals surface area contributed by atoms with Gasteiger partial charge in [0.05, 0.1) is 5.56 Å². The van der Waals surface area contributed by atoms with Crippen molar-refractivity contribution < 1.29 is 18.0 Å². The summed E-state index contributed by atoms with van der Waals surface area (Å²) in [6.45, 7) is 4.86. The molecule has 0 aliphatic rings. The van der Waals surface area contributed by atoms with Crippen molar-refractivity contribution in [3.8, 4) is 0 Å². The highest BCUT2D eigenvalue weighted by Gasteiger charge is 2.32. The second-order valence-corrected chi connectivity index (χ2v) is 4.16. The van der Waals surface area contributed by atoms with Gasteiger partial charge in [-0.3, -0.25) is 4.79 Å². The average Bonchev–Trinajstić information content (AvgIpc) is 2.15. The van der Waals surface area contributed by atoms with Gasteiger partial charge in [-0.2, -0.15) is 13.2 Å². The molecule has 0 saturated heterocycles. The third-order valence-corrected chi connectivity index (χ3v) is 2.22. The maximum Gasteiger partial charge on any atom is 0.416 e. The van der Waals surface area contributed by atoms with Crippen LogP contribution in [-0.2, 0) is 6.18 Å². The van der Waals surface area contributed by atoms with Crippen molar-refractivity contribution in [2.45, 2.75) is 33.0 Å². The SMILES string of the molecule is Cc1ccc(C(=O)NC(C)C)cc1C(F)(F)F. The third kappa shape index (κ3) is 3.47. The van der Waals surface area contributed by atoms with Crippen molar-refractivity contribution in [2.24, 2.45) is 0 Å². The van der Waals surface area contributed by atoms with Crippen LogP contribution in [-0.4, -0.2) is 11.9 Å². The summed E-state index contributed by atoms with van der Waals surface area (Å²) in [5, 5.41) is 2.55. The molecule has 5 heteroatoms. The topological polar surface area (TPSA) is 29.1 Å². The molecule has 0 bridgehead atoms. The molecule has 0 fully saturated rings. The lowest BCUT2D eigenvalue weighted by atomic mass is 10.0. The highest BCUT2D eigenvalue weighted by Crippen LogP contribution is 2.32. The van der Waals surface area contributed by atoms with E-state index < -0.39 is 17.6 Å². The molecule has 1 N–H and O–H groups in total. The van der Waals surface area contributed by atoms with E-state index in [2.05, 4.69) is 5.32 Å². The molecule has 17 heavy (non-hydrogen) atoms. The first-order valence-corrected chi connectivity index (χ1v) is 5.20. The summed E-state index contributed by atoms with van der Waals surface area (Å²) < 4.78 is 37.9. The number of amides is 1. The fourth-order valence-corrected chi connectivity index (χ4v) is 1.41. The predicted octanol–water partition coefficient (Wildman–Crippen LogP) is 3.15. The van der Waals surface area contributed by atoms with E-state index in [0.717, 1.165) is 6.07 Å². The molecule has 0 unspecified atom stereocenters. The first-order chi connectivity index (χ1) is 7.71. The molecule has 0 radical (unpaired) electrons. The lowest BCUT2D eigenvalue weighted by molar-refractivity contribution is -0.138. The average molecular weight is 245 g/mol. The van der Waals surface area contributed by atoms with Gasteiger partial charge in [-0.05, 0) is 38.5 Å². The van der Waals surface area contributed by atoms with Crippen LogP contribution >= 0.6 is 0 Å². The van der Waals surface area contributed by atoms with Crippen LogP contribution in [0.4, 0.5) is 13.2 Å². The van der Waals surface area contributed by atoms with Crippen molar-refractivity contribution in [1.82, 2.24) is 5.32 Å². The summed E-state index contributed by atoms with van der Waals surface area (Å²) in [5.41, 5.74) is -0.635. The van der Waals surface area contributed by atoms with E-state index in [1.54, 1.807) is 13.8 Å². The Kier molecular flexibility index (Phi) is 3.80. The number of alkyl halides is 3. The number of aryl methyl sites for hydroxylation is 1. The molecule has 0 aliphatic carbocycles. The maximum atomic E-state index is 12.6. The maximum absolute atomic E-state index is 12.6. The molecule has 94 valence electrons. The highest BCUT2D eigenvalue weighted by molar-refractivity contribution is 5.94. The summed E-state index contributed by atoms with van der Waals surface area (Å²) in [5.74, 6) is -0.495. The van der Waals surface area contributed by atoms with E-state index in [0.29, 0.717) is 0 Å². The van der Waals surface area contributed by atoms with Crippen LogP contribution in [0.1, 0.15) is 35.3 Å². The summed E-state index contributed by atoms with van der Waals surface area (Å²) >= 11 is 0. The lowest BCUT2D eigenvalue weighted by Gasteiger charge is -2.13. The van der Waals surface area contributed by atoms with Crippen LogP contribution in [0.3, 0.4) is 0 Å². The Morgan fingerprint density at radius 3 is 2.35 bits per heavy atom. The van der Waals surface area contributed by atoms with E-state index in [-0.39, 0.29) is 17.2 Å². The van der Waals surface area contributed by atoms with E-state index in [1.807, 2.05) is 0 Å². The third-order valence-electron chi connectivity index (χ3n) is 2.22. The van der Waals surface area contributed by atoms with E-state index in [9.17, 15) is 18.0 Å². The summed E-state index contributed by atoms with van der Waals surface area (Å²) in [4.78, 5) is 11.6. The van der Waals surface area contributed by atoms with Crippen LogP contribution in [0, 0.1) is 6.92 Å². The highest BCUT2D eigenvalue weighted by atomic mass is 19.4. The summed E-state index contributed by atoms with van der Waals surface area (Å²) in [6, 6.07) is 3.46. The molecular formula is C12H14F3NO. The van der Waals surface area contributed by atoms with Gasteiger partial charge in [0, 0.05) is 11.6 Å². The number of carbonyl (C=O) groups excluding carboxylic acids is 1. The monoisotopic (exact) mass is 245 g/mol. The minimum atomic E-state index is -4.43. The number of nitrogens with one attached hydrogen (secondary N) is 1. The van der Waals surface area contributed by atoms with Crippen LogP contribution in [0.15, 0.2) is 18.2 Å². The molecule has 0 aromatic heterocycles. The number of hydrogen-bond acceptors (Lipinski definition) is 1. The molecule has 0 aliphatic heterocycles. The Labute approximate surface area is 97.8 Å². The molecule has 1 aromatic rings. The standard InChI is InChI=1S/C12H14F3NO/c1-7(2)16-11(17)9-5-4-8(3)10(6-9)12(13,14)15/h4-7H,1-3H3,(H,16,17). The van der Waals surface area contributed by atoms with Crippen LogP contribution in [0.5, 0.6) is 0 Å². The zero-order chi connectivity index (χ0) is 13.2. The Balaban J connectivity index is 3.09. The first kappa shape index (κ1) is 13.5. The van der Waals surface area contributed by atoms with Gasteiger partial charge in [0.15, 0.2) is 0 Å². The Bertz CT molecular complexity index is 424. The van der Waals surface area contributed by atoms with Crippen LogP contribution in [0.2, 0.25) is 0 Å². The molecule has 0 spiro atoms. The molecular weight excluding hydrogens is 231 g/mol. The summed E-state index contributed by atoms with van der Waals surface area (Å²) in [6.07, 6.45) is -4.43. The zero-order valence-corrected chi connectivity index (χ0v) is 9.85. The van der Waals surface area contributed by atoms with Crippen LogP contribution in [0.25, 0.3) is 0 Å². The van der Waals surface area contributed by atoms with Gasteiger partial charge < -0.3 is 5.32 Å². The normalized spacial score (nSPS) is 11.7. The predicted molar refractivity (Wildman–Crippen MR) is 58.8 cm³/mol. The number of hydrogen-bond donors (Lipinski definition) is 1. The van der Waals surface area contributed by atoms with E-state index >= 15 is 0 Å². The van der Waals surface area contributed by atoms with E-state index in [4.69, 9.17) is 0 Å². The van der Waals surface area contributed by atoms with Crippen molar-refractivity contribution in [1.29, 1.82) is 0 Å². The molecule has 0 heterocycles. The number of rotatable bonds is 2. The molecule has 1 aromatic carbocycles. The van der Waals surface area contributed by atoms with Crippen LogP contribution < -0.4 is 5.32 Å². The number of halogens is 3. The molecule has 2 nitrogen and oxygen atoms in total. The Morgan fingerprint density at radius 2 is 1.88 bits per heavy atom. The fraction of sp³-hybridized carbons (Fsp3) is 0.417. The molecule has 1 amide bonds. The second-order valence-electron chi connectivity index (χ2n) is 4.16. The van der Waals surface area contributed by atoms with Crippen molar-refractivity contribution in [2.75, 3.05) is 0 Å². The van der Waals surface area contributed by atoms with Crippen molar-refractivity contribution in [3.63, 3.8) is 0 Å². The molecule has 0 atom stereocenters. The molecule has 1 rings (SSSR count).